The molecule has 1 aliphatic heterocycles. The number of ether oxygens (including phenoxy) is 1. The van der Waals surface area contributed by atoms with Gasteiger partial charge in [-0.05, 0) is 77.6 Å². The summed E-state index contributed by atoms with van der Waals surface area (Å²) in [5, 5.41) is 2.81. The van der Waals surface area contributed by atoms with Gasteiger partial charge in [-0.15, -0.1) is 0 Å². The molecule has 8 rings (SSSR count). The molecule has 0 aromatic heterocycles. The summed E-state index contributed by atoms with van der Waals surface area (Å²) < 4.78 is 5.94. The van der Waals surface area contributed by atoms with Gasteiger partial charge in [-0.2, -0.15) is 0 Å². The van der Waals surface area contributed by atoms with Crippen molar-refractivity contribution in [3.63, 3.8) is 0 Å². The van der Waals surface area contributed by atoms with E-state index in [4.69, 9.17) is 4.74 Å². The Hall–Kier alpha value is -4.19. The molecular weight excluding hydrogens is 464 g/mol. The molecule has 37 heavy (non-hydrogen) atoms. The molecular formula is C31H26N2O4. The normalized spacial score (nSPS) is 28.6. The van der Waals surface area contributed by atoms with Crippen LogP contribution in [0.15, 0.2) is 91.0 Å². The third-order valence-electron chi connectivity index (χ3n) is 8.39. The molecule has 1 heterocycles. The van der Waals surface area contributed by atoms with Gasteiger partial charge >= 0.3 is 0 Å². The number of benzene rings is 3. The minimum absolute atomic E-state index is 0.159. The van der Waals surface area contributed by atoms with Crippen LogP contribution in [0.2, 0.25) is 0 Å². The maximum absolute atomic E-state index is 13.1. The maximum Gasteiger partial charge on any atom is 0.244 e. The van der Waals surface area contributed by atoms with Gasteiger partial charge in [-0.3, -0.25) is 19.3 Å². The van der Waals surface area contributed by atoms with E-state index in [0.29, 0.717) is 29.0 Å². The first-order valence-corrected chi connectivity index (χ1v) is 12.8. The summed E-state index contributed by atoms with van der Waals surface area (Å²) in [5.74, 6) is 1.46. The van der Waals surface area contributed by atoms with E-state index in [1.165, 1.54) is 4.90 Å². The van der Waals surface area contributed by atoms with Gasteiger partial charge in [0.2, 0.25) is 17.7 Å². The Balaban J connectivity index is 0.966. The van der Waals surface area contributed by atoms with E-state index in [9.17, 15) is 14.4 Å². The van der Waals surface area contributed by atoms with Gasteiger partial charge in [-0.1, -0.05) is 54.6 Å². The first-order chi connectivity index (χ1) is 18.1. The smallest absolute Gasteiger partial charge is 0.244 e. The van der Waals surface area contributed by atoms with Crippen molar-refractivity contribution in [2.24, 2.45) is 35.5 Å². The number of hydrogen-bond donors (Lipinski definition) is 1. The fraction of sp³-hybridized carbons (Fsp3) is 0.258. The van der Waals surface area contributed by atoms with Gasteiger partial charge in [-0.25, -0.2) is 0 Å². The summed E-state index contributed by atoms with van der Waals surface area (Å²) in [7, 11) is 0. The van der Waals surface area contributed by atoms with Crippen LogP contribution >= 0.6 is 0 Å². The Morgan fingerprint density at radius 2 is 1.30 bits per heavy atom. The summed E-state index contributed by atoms with van der Waals surface area (Å²) in [6.07, 6.45) is 5.39. The highest BCUT2D eigenvalue weighted by atomic mass is 16.5. The molecule has 1 N–H and O–H groups in total. The zero-order valence-corrected chi connectivity index (χ0v) is 20.1. The number of amides is 3. The SMILES string of the molecule is O=C(CN1C(=O)[C@@H]2[C@@H]3C=C[C@H]([C@@H]4C[C@H]34)[C@H]2C1=O)Nc1ccc(Oc2ccc(-c3ccccc3)cc2)cc1. The van der Waals surface area contributed by atoms with Crippen molar-refractivity contribution < 1.29 is 19.1 Å². The maximum atomic E-state index is 13.1. The molecule has 5 aliphatic rings. The van der Waals surface area contributed by atoms with Gasteiger partial charge in [0.25, 0.3) is 0 Å². The Morgan fingerprint density at radius 1 is 0.757 bits per heavy atom. The minimum atomic E-state index is -0.379. The predicted octanol–water partition coefficient (Wildman–Crippen LogP) is 5.14. The topological polar surface area (TPSA) is 75.7 Å². The Labute approximate surface area is 214 Å². The van der Waals surface area contributed by atoms with Gasteiger partial charge in [0.05, 0.1) is 11.8 Å². The van der Waals surface area contributed by atoms with Gasteiger partial charge < -0.3 is 10.1 Å². The fourth-order valence-corrected chi connectivity index (χ4v) is 6.61. The number of carbonyl (C=O) groups is 3. The molecule has 0 radical (unpaired) electrons. The van der Waals surface area contributed by atoms with Crippen LogP contribution in [-0.2, 0) is 14.4 Å². The third kappa shape index (κ3) is 3.75. The van der Waals surface area contributed by atoms with Crippen LogP contribution < -0.4 is 10.1 Å². The van der Waals surface area contributed by atoms with Crippen LogP contribution in [0, 0.1) is 35.5 Å². The standard InChI is InChI=1S/C31H26N2O4/c34-27(17-33-30(35)28-23-14-15-24(26-16-25(23)26)29(28)31(33)36)32-20-8-12-22(13-9-20)37-21-10-6-19(7-11-21)18-4-2-1-3-5-18/h1-15,23-26,28-29H,16-17H2,(H,32,34)/t23-,24-,25-,26+,28-,29-/m1/s1. The lowest BCUT2D eigenvalue weighted by molar-refractivity contribution is -0.142. The number of likely N-dealkylation sites (tertiary alicyclic amines) is 1. The average molecular weight is 491 g/mol. The van der Waals surface area contributed by atoms with E-state index >= 15 is 0 Å². The number of imide groups is 1. The highest BCUT2D eigenvalue weighted by Crippen LogP contribution is 2.65. The summed E-state index contributed by atoms with van der Waals surface area (Å²) >= 11 is 0. The number of allylic oxidation sites excluding steroid dienone is 2. The second kappa shape index (κ2) is 8.44. The van der Waals surface area contributed by atoms with Crippen molar-refractivity contribution in [2.45, 2.75) is 6.42 Å². The largest absolute Gasteiger partial charge is 0.457 e. The van der Waals surface area contributed by atoms with E-state index in [1.54, 1.807) is 24.3 Å². The quantitative estimate of drug-likeness (QED) is 0.384. The minimum Gasteiger partial charge on any atom is -0.457 e. The zero-order chi connectivity index (χ0) is 25.1. The molecule has 2 saturated carbocycles. The number of rotatable bonds is 6. The van der Waals surface area contributed by atoms with E-state index in [2.05, 4.69) is 29.6 Å². The number of nitrogens with one attached hydrogen (secondary N) is 1. The molecule has 3 aromatic rings. The van der Waals surface area contributed by atoms with Gasteiger partial charge in [0, 0.05) is 5.69 Å². The highest BCUT2D eigenvalue weighted by molar-refractivity contribution is 6.09. The summed E-state index contributed by atoms with van der Waals surface area (Å²) in [4.78, 5) is 40.1. The molecule has 4 aliphatic carbocycles. The van der Waals surface area contributed by atoms with E-state index in [0.717, 1.165) is 17.5 Å². The van der Waals surface area contributed by atoms with Crippen LogP contribution in [0.1, 0.15) is 6.42 Å². The summed E-state index contributed by atoms with van der Waals surface area (Å²) in [6, 6.07) is 25.1. The Morgan fingerprint density at radius 3 is 1.89 bits per heavy atom. The zero-order valence-electron chi connectivity index (χ0n) is 20.1. The highest BCUT2D eigenvalue weighted by Gasteiger charge is 2.67. The number of anilines is 1. The van der Waals surface area contributed by atoms with Crippen LogP contribution in [0.3, 0.4) is 0 Å². The second-order valence-electron chi connectivity index (χ2n) is 10.5. The summed E-state index contributed by atoms with van der Waals surface area (Å²) in [5.41, 5.74) is 2.84. The molecule has 3 aromatic carbocycles. The molecule has 3 amide bonds. The summed E-state index contributed by atoms with van der Waals surface area (Å²) in [6.45, 7) is -0.245. The average Bonchev–Trinajstić information content (AvgIpc) is 3.72. The lowest BCUT2D eigenvalue weighted by Crippen LogP contribution is -2.40. The number of carbonyl (C=O) groups excluding carboxylic acids is 3. The van der Waals surface area contributed by atoms with Crippen LogP contribution in [0.4, 0.5) is 5.69 Å². The molecule has 6 nitrogen and oxygen atoms in total. The molecule has 1 saturated heterocycles. The lowest BCUT2D eigenvalue weighted by Gasteiger charge is -2.37. The molecule has 6 atom stereocenters. The third-order valence-corrected chi connectivity index (χ3v) is 8.39. The molecule has 6 heteroatoms. The van der Waals surface area contributed by atoms with Gasteiger partial charge in [0.1, 0.15) is 18.0 Å². The molecule has 184 valence electrons. The van der Waals surface area contributed by atoms with Crippen molar-refractivity contribution in [1.82, 2.24) is 4.90 Å². The van der Waals surface area contributed by atoms with Crippen molar-refractivity contribution >= 4 is 23.4 Å². The van der Waals surface area contributed by atoms with Crippen molar-refractivity contribution in [1.29, 1.82) is 0 Å². The Kier molecular flexibility index (Phi) is 5.03. The molecule has 3 fully saturated rings. The molecule has 0 unspecified atom stereocenters. The van der Waals surface area contributed by atoms with Crippen LogP contribution in [0.5, 0.6) is 11.5 Å². The van der Waals surface area contributed by atoms with E-state index < -0.39 is 0 Å². The van der Waals surface area contributed by atoms with Crippen molar-refractivity contribution in [3.05, 3.63) is 91.0 Å². The van der Waals surface area contributed by atoms with E-state index in [1.807, 2.05) is 42.5 Å². The monoisotopic (exact) mass is 490 g/mol. The Bertz CT molecular complexity index is 1380. The molecule has 2 bridgehead atoms. The first kappa shape index (κ1) is 22.0. The van der Waals surface area contributed by atoms with Crippen LogP contribution in [0.25, 0.3) is 11.1 Å². The van der Waals surface area contributed by atoms with E-state index in [-0.39, 0.29) is 47.9 Å². The lowest BCUT2D eigenvalue weighted by atomic mass is 9.63. The number of hydrogen-bond acceptors (Lipinski definition) is 4. The first-order valence-electron chi connectivity index (χ1n) is 12.8. The van der Waals surface area contributed by atoms with Crippen molar-refractivity contribution in [3.8, 4) is 22.6 Å². The van der Waals surface area contributed by atoms with Crippen LogP contribution in [-0.4, -0.2) is 29.2 Å². The molecule has 0 spiro atoms. The van der Waals surface area contributed by atoms with Crippen molar-refractivity contribution in [2.75, 3.05) is 11.9 Å². The second-order valence-corrected chi connectivity index (χ2v) is 10.5. The fourth-order valence-electron chi connectivity index (χ4n) is 6.61. The predicted molar refractivity (Wildman–Crippen MR) is 138 cm³/mol. The number of nitrogens with zero attached hydrogens (tertiary/aromatic N) is 1. The van der Waals surface area contributed by atoms with Gasteiger partial charge in [0.15, 0.2) is 0 Å².